The monoisotopic (exact) mass is 512 g/mol. The Morgan fingerprint density at radius 2 is 1.79 bits per heavy atom. The molecule has 1 amide bonds. The second-order valence-corrected chi connectivity index (χ2v) is 10.1. The summed E-state index contributed by atoms with van der Waals surface area (Å²) in [5, 5.41) is 11.4. The highest BCUT2D eigenvalue weighted by atomic mass is 16.5. The number of likely N-dealkylation sites (N-methyl/N-ethyl adjacent to an activating group) is 1. The summed E-state index contributed by atoms with van der Waals surface area (Å²) in [5.41, 5.74) is 3.36. The van der Waals surface area contributed by atoms with Gasteiger partial charge >= 0.3 is 0 Å². The molecule has 196 valence electrons. The highest BCUT2D eigenvalue weighted by Gasteiger charge is 2.46. The smallest absolute Gasteiger partial charge is 0.295 e. The van der Waals surface area contributed by atoms with Crippen LogP contribution in [0.15, 0.2) is 78.4 Å². The molecule has 0 aromatic heterocycles. The van der Waals surface area contributed by atoms with E-state index >= 15 is 0 Å². The van der Waals surface area contributed by atoms with Gasteiger partial charge in [-0.2, -0.15) is 0 Å². The minimum Gasteiger partial charge on any atom is -0.507 e. The average molecular weight is 513 g/mol. The Hall–Kier alpha value is -4.10. The van der Waals surface area contributed by atoms with Gasteiger partial charge in [-0.05, 0) is 68.0 Å². The molecule has 0 aliphatic carbocycles. The number of hydrogen-bond acceptors (Lipinski definition) is 6. The first-order valence-electron chi connectivity index (χ1n) is 12.8. The highest BCUT2D eigenvalue weighted by molar-refractivity contribution is 6.46. The van der Waals surface area contributed by atoms with Crippen molar-refractivity contribution in [1.29, 1.82) is 0 Å². The van der Waals surface area contributed by atoms with Crippen molar-refractivity contribution in [2.75, 3.05) is 27.2 Å². The Balaban J connectivity index is 1.48. The zero-order valence-electron chi connectivity index (χ0n) is 21.9. The molecular formula is C31H32N2O5. The molecule has 7 nitrogen and oxygen atoms in total. The van der Waals surface area contributed by atoms with Gasteiger partial charge in [-0.25, -0.2) is 0 Å². The zero-order chi connectivity index (χ0) is 26.8. The van der Waals surface area contributed by atoms with Crippen LogP contribution in [0.3, 0.4) is 0 Å². The summed E-state index contributed by atoms with van der Waals surface area (Å²) in [6, 6.07) is 21.9. The predicted molar refractivity (Wildman–Crippen MR) is 145 cm³/mol. The number of likely N-dealkylation sites (tertiary alicyclic amines) is 1. The van der Waals surface area contributed by atoms with E-state index in [1.54, 1.807) is 11.0 Å². The Morgan fingerprint density at radius 1 is 1.05 bits per heavy atom. The predicted octanol–water partition coefficient (Wildman–Crippen LogP) is 4.57. The number of carbonyl (C=O) groups is 2. The molecule has 5 rings (SSSR count). The number of carbonyl (C=O) groups excluding carboxylic acids is 2. The molecule has 2 unspecified atom stereocenters. The number of Topliss-reactive ketones (excluding diaryl/α,β-unsaturated/α-hetero) is 1. The van der Waals surface area contributed by atoms with Crippen molar-refractivity contribution >= 4 is 17.4 Å². The van der Waals surface area contributed by atoms with E-state index in [9.17, 15) is 14.7 Å². The van der Waals surface area contributed by atoms with E-state index in [1.807, 2.05) is 92.6 Å². The summed E-state index contributed by atoms with van der Waals surface area (Å²) < 4.78 is 11.7. The van der Waals surface area contributed by atoms with Crippen LogP contribution >= 0.6 is 0 Å². The first kappa shape index (κ1) is 25.5. The van der Waals surface area contributed by atoms with E-state index in [-0.39, 0.29) is 17.4 Å². The van der Waals surface area contributed by atoms with Gasteiger partial charge in [0.05, 0.1) is 11.6 Å². The van der Waals surface area contributed by atoms with Gasteiger partial charge in [-0.15, -0.1) is 0 Å². The molecule has 2 aliphatic heterocycles. The largest absolute Gasteiger partial charge is 0.507 e. The number of rotatable bonds is 8. The van der Waals surface area contributed by atoms with Gasteiger partial charge in [0, 0.05) is 25.1 Å². The number of aliphatic hydroxyl groups excluding tert-OH is 1. The van der Waals surface area contributed by atoms with Gasteiger partial charge < -0.3 is 24.4 Å². The molecular weight excluding hydrogens is 480 g/mol. The number of ketones is 1. The molecule has 38 heavy (non-hydrogen) atoms. The second-order valence-electron chi connectivity index (χ2n) is 10.1. The van der Waals surface area contributed by atoms with Gasteiger partial charge in [0.25, 0.3) is 11.7 Å². The SMILES string of the molecule is CC1Cc2cc(/C(O)=C3/C(=O)C(=O)N(CCN(C)C)C3c3ccc(OCc4ccccc4)cc3)ccc2O1. The Labute approximate surface area is 222 Å². The number of aliphatic hydroxyl groups is 1. The third kappa shape index (κ3) is 5.15. The van der Waals surface area contributed by atoms with Crippen LogP contribution in [0.2, 0.25) is 0 Å². The minimum atomic E-state index is -0.707. The standard InChI is InChI=1S/C31H32N2O5/c1-20-17-24-18-23(11-14-26(24)38-20)29(34)27-28(33(16-15-32(2)3)31(36)30(27)35)22-9-12-25(13-10-22)37-19-21-7-5-4-6-8-21/h4-14,18,20,28,34H,15-17,19H2,1-3H3/b29-27-. The molecule has 2 heterocycles. The van der Waals surface area contributed by atoms with Crippen LogP contribution in [0.5, 0.6) is 11.5 Å². The first-order chi connectivity index (χ1) is 18.3. The van der Waals surface area contributed by atoms with Crippen molar-refractivity contribution in [3.8, 4) is 11.5 Å². The van der Waals surface area contributed by atoms with Crippen LogP contribution in [0, 0.1) is 0 Å². The lowest BCUT2D eigenvalue weighted by Gasteiger charge is -2.26. The number of benzene rings is 3. The van der Waals surface area contributed by atoms with Gasteiger partial charge in [-0.1, -0.05) is 42.5 Å². The van der Waals surface area contributed by atoms with Crippen LogP contribution in [0.25, 0.3) is 5.76 Å². The molecule has 2 atom stereocenters. The maximum atomic E-state index is 13.3. The van der Waals surface area contributed by atoms with E-state index < -0.39 is 17.7 Å². The van der Waals surface area contributed by atoms with Gasteiger partial charge in [0.1, 0.15) is 30.0 Å². The van der Waals surface area contributed by atoms with E-state index in [2.05, 4.69) is 0 Å². The van der Waals surface area contributed by atoms with Crippen molar-refractivity contribution in [2.24, 2.45) is 0 Å². The first-order valence-corrected chi connectivity index (χ1v) is 12.8. The Bertz CT molecular complexity index is 1360. The summed E-state index contributed by atoms with van der Waals surface area (Å²) in [7, 11) is 3.83. The van der Waals surface area contributed by atoms with E-state index in [0.717, 1.165) is 28.9 Å². The maximum Gasteiger partial charge on any atom is 0.295 e. The van der Waals surface area contributed by atoms with Crippen LogP contribution in [0.1, 0.15) is 35.2 Å². The normalized spacial score (nSPS) is 20.1. The summed E-state index contributed by atoms with van der Waals surface area (Å²) in [6.07, 6.45) is 0.781. The lowest BCUT2D eigenvalue weighted by molar-refractivity contribution is -0.140. The minimum absolute atomic E-state index is 0.0571. The van der Waals surface area contributed by atoms with E-state index in [4.69, 9.17) is 9.47 Å². The van der Waals surface area contributed by atoms with Crippen molar-refractivity contribution in [3.63, 3.8) is 0 Å². The van der Waals surface area contributed by atoms with Crippen molar-refractivity contribution in [1.82, 2.24) is 9.80 Å². The van der Waals surface area contributed by atoms with E-state index in [1.165, 1.54) is 0 Å². The van der Waals surface area contributed by atoms with Crippen LogP contribution in [0.4, 0.5) is 0 Å². The fourth-order valence-corrected chi connectivity index (χ4v) is 4.98. The Morgan fingerprint density at radius 3 is 2.50 bits per heavy atom. The third-order valence-corrected chi connectivity index (χ3v) is 6.94. The number of nitrogens with zero attached hydrogens (tertiary/aromatic N) is 2. The summed E-state index contributed by atoms with van der Waals surface area (Å²) >= 11 is 0. The molecule has 3 aromatic carbocycles. The van der Waals surface area contributed by atoms with Crippen LogP contribution < -0.4 is 9.47 Å². The van der Waals surface area contributed by atoms with Crippen molar-refractivity contribution in [2.45, 2.75) is 32.1 Å². The topological polar surface area (TPSA) is 79.3 Å². The molecule has 1 N–H and O–H groups in total. The highest BCUT2D eigenvalue weighted by Crippen LogP contribution is 2.41. The quantitative estimate of drug-likeness (QED) is 0.271. The van der Waals surface area contributed by atoms with Crippen molar-refractivity contribution < 1.29 is 24.2 Å². The average Bonchev–Trinajstić information content (AvgIpc) is 3.41. The van der Waals surface area contributed by atoms with Gasteiger partial charge in [-0.3, -0.25) is 9.59 Å². The lowest BCUT2D eigenvalue weighted by atomic mass is 9.94. The number of ether oxygens (including phenoxy) is 2. The molecule has 0 spiro atoms. The zero-order valence-corrected chi connectivity index (χ0v) is 21.9. The summed E-state index contributed by atoms with van der Waals surface area (Å²) in [6.45, 7) is 3.35. The van der Waals surface area contributed by atoms with Crippen LogP contribution in [-0.4, -0.2) is 59.9 Å². The fourth-order valence-electron chi connectivity index (χ4n) is 4.98. The van der Waals surface area contributed by atoms with Gasteiger partial charge in [0.2, 0.25) is 0 Å². The molecule has 0 radical (unpaired) electrons. The second kappa shape index (κ2) is 10.7. The molecule has 7 heteroatoms. The van der Waals surface area contributed by atoms with E-state index in [0.29, 0.717) is 31.0 Å². The molecule has 1 saturated heterocycles. The number of amides is 1. The van der Waals surface area contributed by atoms with Crippen LogP contribution in [-0.2, 0) is 22.6 Å². The summed E-state index contributed by atoms with van der Waals surface area (Å²) in [5.74, 6) is -0.00660. The number of fused-ring (bicyclic) bond motifs is 1. The van der Waals surface area contributed by atoms with Crippen molar-refractivity contribution in [3.05, 3.63) is 101 Å². The lowest BCUT2D eigenvalue weighted by Crippen LogP contribution is -2.35. The molecule has 2 aliphatic rings. The fraction of sp³-hybridized carbons (Fsp3) is 0.290. The van der Waals surface area contributed by atoms with Gasteiger partial charge in [0.15, 0.2) is 0 Å². The third-order valence-electron chi connectivity index (χ3n) is 6.94. The summed E-state index contributed by atoms with van der Waals surface area (Å²) in [4.78, 5) is 30.0. The molecule has 3 aromatic rings. The molecule has 0 saturated carbocycles. The maximum absolute atomic E-state index is 13.3. The molecule has 1 fully saturated rings. The molecule has 0 bridgehead atoms. The Kier molecular flexibility index (Phi) is 7.20. The number of hydrogen-bond donors (Lipinski definition) is 1.